The molecule has 290 valence electrons. The number of ether oxygens (including phenoxy) is 3. The van der Waals surface area contributed by atoms with E-state index in [0.29, 0.717) is 54.4 Å². The fourth-order valence-corrected chi connectivity index (χ4v) is 6.76. The minimum absolute atomic E-state index is 0.129. The monoisotopic (exact) mass is 744 g/mol. The number of aromatic amines is 2. The molecule has 6 N–H and O–H groups in total. The summed E-state index contributed by atoms with van der Waals surface area (Å²) in [5.74, 6) is 3.39. The molecule has 4 aromatic rings. The Hall–Kier alpha value is -4.97. The quantitative estimate of drug-likeness (QED) is 0.155. The molecule has 2 aromatic heterocycles. The number of likely N-dealkylation sites (N-methyl/N-ethyl adjacent to an activating group) is 2. The average molecular weight is 745 g/mol. The lowest BCUT2D eigenvalue weighted by Gasteiger charge is -2.36. The number of nitrogens with one attached hydrogen (secondary N) is 2. The van der Waals surface area contributed by atoms with Crippen LogP contribution < -0.4 is 35.5 Å². The molecule has 18 heteroatoms. The topological polar surface area (TPSA) is 176 Å². The fraction of sp³-hybridized carbons (Fsp3) is 0.543. The van der Waals surface area contributed by atoms with E-state index in [2.05, 4.69) is 73.9 Å². The van der Waals surface area contributed by atoms with Gasteiger partial charge in [-0.15, -0.1) is 23.4 Å². The molecule has 2 saturated heterocycles. The molecule has 0 aliphatic carbocycles. The number of nitrogen functional groups attached to an aromatic ring is 2. The van der Waals surface area contributed by atoms with Gasteiger partial charge in [0.05, 0.1) is 14.2 Å². The number of aromatic nitrogens is 6. The molecule has 0 atom stereocenters. The highest BCUT2D eigenvalue weighted by atomic mass is 19.4. The van der Waals surface area contributed by atoms with Crippen molar-refractivity contribution in [2.45, 2.75) is 57.0 Å². The highest BCUT2D eigenvalue weighted by Gasteiger charge is 2.32. The van der Waals surface area contributed by atoms with Crippen LogP contribution in [0.4, 0.5) is 37.0 Å². The van der Waals surface area contributed by atoms with Gasteiger partial charge < -0.3 is 45.3 Å². The first kappa shape index (κ1) is 39.2. The maximum atomic E-state index is 12.5. The third-order valence-electron chi connectivity index (χ3n) is 9.86. The second kappa shape index (κ2) is 18.2. The van der Waals surface area contributed by atoms with Gasteiger partial charge in [-0.05, 0) is 81.9 Å². The Labute approximate surface area is 307 Å². The number of nitrogens with zero attached hydrogens (tertiary/aromatic N) is 8. The van der Waals surface area contributed by atoms with E-state index in [1.807, 2.05) is 13.1 Å². The number of hydrogen-bond acceptors (Lipinski definition) is 13. The van der Waals surface area contributed by atoms with Crippen LogP contribution in [-0.4, -0.2) is 126 Å². The Bertz CT molecular complexity index is 1700. The first-order chi connectivity index (χ1) is 25.4. The van der Waals surface area contributed by atoms with Crippen molar-refractivity contribution < 1.29 is 27.4 Å². The summed E-state index contributed by atoms with van der Waals surface area (Å²) in [5.41, 5.74) is 13.0. The summed E-state index contributed by atoms with van der Waals surface area (Å²) in [5, 5.41) is 13.5. The lowest BCUT2D eigenvalue weighted by atomic mass is 10.0. The summed E-state index contributed by atoms with van der Waals surface area (Å²) in [7, 11) is 7.53. The molecule has 0 saturated carbocycles. The largest absolute Gasteiger partial charge is 0.573 e. The van der Waals surface area contributed by atoms with E-state index < -0.39 is 6.36 Å². The predicted molar refractivity (Wildman–Crippen MR) is 197 cm³/mol. The van der Waals surface area contributed by atoms with E-state index in [-0.39, 0.29) is 5.75 Å². The van der Waals surface area contributed by atoms with E-state index in [0.717, 1.165) is 76.3 Å². The number of piperidine rings is 2. The Morgan fingerprint density at radius 2 is 1.25 bits per heavy atom. The van der Waals surface area contributed by atoms with Crippen LogP contribution in [0.2, 0.25) is 0 Å². The Kier molecular flexibility index (Phi) is 13.5. The van der Waals surface area contributed by atoms with E-state index in [1.165, 1.54) is 11.6 Å². The van der Waals surface area contributed by atoms with E-state index >= 15 is 0 Å². The lowest BCUT2D eigenvalue weighted by molar-refractivity contribution is -0.274. The molecule has 53 heavy (non-hydrogen) atoms. The van der Waals surface area contributed by atoms with E-state index in [4.69, 9.17) is 20.9 Å². The number of hydrogen-bond donors (Lipinski definition) is 4. The number of alkyl halides is 3. The summed E-state index contributed by atoms with van der Waals surface area (Å²) >= 11 is 0. The standard InChI is InChI=1S/C18H28N6O2.C17H23F3N6O/c1-23(9-6-13-4-5-15(25-2)16(12-13)26-3)14-7-10-24(11-8-14)18-20-17(19)21-22-18;1-25(9-6-12-4-2-3-5-14(12)27-17(18,19)20)13-7-10-26(11-8-13)16-22-15(21)23-24-16/h4-5,12,14H,6-11H2,1-3H3,(H3,19,20,21,22);2-5,13H,6-11H2,1H3,(H3,21,22,23,24). The number of methoxy groups -OCH3 is 2. The number of rotatable bonds is 13. The van der Waals surface area contributed by atoms with Gasteiger partial charge in [0.15, 0.2) is 11.5 Å². The molecule has 2 aliphatic heterocycles. The highest BCUT2D eigenvalue weighted by Crippen LogP contribution is 2.29. The number of nitrogens with two attached hydrogens (primary N) is 2. The minimum Gasteiger partial charge on any atom is -0.493 e. The molecule has 0 radical (unpaired) electrons. The second-order valence-corrected chi connectivity index (χ2v) is 13.3. The fourth-order valence-electron chi connectivity index (χ4n) is 6.76. The Balaban J connectivity index is 0.000000204. The van der Waals surface area contributed by atoms with Gasteiger partial charge >= 0.3 is 6.36 Å². The van der Waals surface area contributed by atoms with Crippen LogP contribution in [0.5, 0.6) is 17.2 Å². The summed E-state index contributed by atoms with van der Waals surface area (Å²) in [6.45, 7) is 5.16. The van der Waals surface area contributed by atoms with E-state index in [1.54, 1.807) is 32.4 Å². The van der Waals surface area contributed by atoms with Crippen LogP contribution >= 0.6 is 0 Å². The zero-order valence-corrected chi connectivity index (χ0v) is 30.8. The SMILES string of the molecule is CN(CCc1ccccc1OC(F)(F)F)C1CCN(c2n[nH]c(N)n2)CC1.COc1ccc(CCN(C)C2CCN(c3n[nH]c(N)n3)CC2)cc1OC. The predicted octanol–water partition coefficient (Wildman–Crippen LogP) is 3.98. The first-order valence-corrected chi connectivity index (χ1v) is 17.7. The van der Waals surface area contributed by atoms with Crippen LogP contribution in [-0.2, 0) is 12.8 Å². The second-order valence-electron chi connectivity index (χ2n) is 13.3. The maximum Gasteiger partial charge on any atom is 0.573 e. The van der Waals surface area contributed by atoms with Crippen molar-refractivity contribution in [3.8, 4) is 17.2 Å². The third kappa shape index (κ3) is 11.3. The lowest BCUT2D eigenvalue weighted by Crippen LogP contribution is -2.44. The van der Waals surface area contributed by atoms with Gasteiger partial charge in [0.2, 0.25) is 23.8 Å². The van der Waals surface area contributed by atoms with Crippen LogP contribution in [0.3, 0.4) is 0 Å². The molecule has 0 spiro atoms. The van der Waals surface area contributed by atoms with E-state index in [9.17, 15) is 13.2 Å². The number of benzene rings is 2. The van der Waals surface area contributed by atoms with Gasteiger partial charge in [0.25, 0.3) is 0 Å². The van der Waals surface area contributed by atoms with Crippen LogP contribution in [0.1, 0.15) is 36.8 Å². The zero-order chi connectivity index (χ0) is 38.0. The average Bonchev–Trinajstić information content (AvgIpc) is 3.81. The number of para-hydroxylation sites is 1. The minimum atomic E-state index is -4.68. The summed E-state index contributed by atoms with van der Waals surface area (Å²) in [4.78, 5) is 17.2. The smallest absolute Gasteiger partial charge is 0.493 e. The van der Waals surface area contributed by atoms with Crippen molar-refractivity contribution in [3.63, 3.8) is 0 Å². The number of anilines is 4. The molecule has 0 bridgehead atoms. The van der Waals surface area contributed by atoms with Gasteiger partial charge in [-0.2, -0.15) is 9.97 Å². The van der Waals surface area contributed by atoms with Gasteiger partial charge in [0.1, 0.15) is 5.75 Å². The van der Waals surface area contributed by atoms with Crippen molar-refractivity contribution in [1.29, 1.82) is 0 Å². The van der Waals surface area contributed by atoms with Gasteiger partial charge in [-0.1, -0.05) is 24.3 Å². The Morgan fingerprint density at radius 3 is 1.72 bits per heavy atom. The molecule has 6 rings (SSSR count). The van der Waals surface area contributed by atoms with Crippen LogP contribution in [0, 0.1) is 0 Å². The number of H-pyrrole nitrogens is 2. The van der Waals surface area contributed by atoms with Crippen molar-refractivity contribution in [2.75, 3.05) is 88.9 Å². The van der Waals surface area contributed by atoms with Crippen molar-refractivity contribution in [2.24, 2.45) is 0 Å². The van der Waals surface area contributed by atoms with Gasteiger partial charge in [-0.3, -0.25) is 0 Å². The molecular formula is C35H51F3N12O3. The summed E-state index contributed by atoms with van der Waals surface area (Å²) < 4.78 is 52.4. The summed E-state index contributed by atoms with van der Waals surface area (Å²) in [6, 6.07) is 13.3. The van der Waals surface area contributed by atoms with Gasteiger partial charge in [-0.25, -0.2) is 10.2 Å². The molecule has 0 unspecified atom stereocenters. The van der Waals surface area contributed by atoms with Crippen LogP contribution in [0.25, 0.3) is 0 Å². The third-order valence-corrected chi connectivity index (χ3v) is 9.86. The molecule has 2 aliphatic rings. The van der Waals surface area contributed by atoms with Crippen molar-refractivity contribution in [1.82, 2.24) is 40.2 Å². The molecule has 2 fully saturated rings. The normalized spacial score (nSPS) is 15.8. The molecule has 2 aromatic carbocycles. The summed E-state index contributed by atoms with van der Waals surface area (Å²) in [6.07, 6.45) is 0.818. The first-order valence-electron chi connectivity index (χ1n) is 17.7. The zero-order valence-electron chi connectivity index (χ0n) is 30.8. The van der Waals surface area contributed by atoms with Gasteiger partial charge in [0, 0.05) is 51.4 Å². The maximum absolute atomic E-state index is 12.5. The highest BCUT2D eigenvalue weighted by molar-refractivity contribution is 5.43. The molecule has 15 nitrogen and oxygen atoms in total. The molecular weight excluding hydrogens is 693 g/mol. The molecule has 0 amide bonds. The number of halogens is 3. The Morgan fingerprint density at radius 1 is 0.736 bits per heavy atom. The van der Waals surface area contributed by atoms with Crippen LogP contribution in [0.15, 0.2) is 42.5 Å². The van der Waals surface area contributed by atoms with Crippen molar-refractivity contribution >= 4 is 23.8 Å². The van der Waals surface area contributed by atoms with Crippen molar-refractivity contribution in [3.05, 3.63) is 53.6 Å². The molecule has 4 heterocycles.